The van der Waals surface area contributed by atoms with Crippen LogP contribution in [0.3, 0.4) is 0 Å². The van der Waals surface area contributed by atoms with E-state index >= 15 is 0 Å². The van der Waals surface area contributed by atoms with Crippen LogP contribution in [0.15, 0.2) is 52.2 Å². The van der Waals surface area contributed by atoms with Gasteiger partial charge in [-0.05, 0) is 56.2 Å². The van der Waals surface area contributed by atoms with Gasteiger partial charge in [-0.15, -0.1) is 22.7 Å². The molecule has 0 radical (unpaired) electrons. The first kappa shape index (κ1) is 22.6. The molecular weight excluding hydrogens is 454 g/mol. The van der Waals surface area contributed by atoms with Crippen molar-refractivity contribution in [3.63, 3.8) is 0 Å². The van der Waals surface area contributed by atoms with Crippen LogP contribution >= 0.6 is 22.7 Å². The number of hydrogen-bond donors (Lipinski definition) is 1. The van der Waals surface area contributed by atoms with Crippen molar-refractivity contribution in [2.75, 3.05) is 13.2 Å². The predicted octanol–water partition coefficient (Wildman–Crippen LogP) is 5.46. The maximum Gasteiger partial charge on any atom is 0.336 e. The van der Waals surface area contributed by atoms with E-state index in [0.29, 0.717) is 12.0 Å². The highest BCUT2D eigenvalue weighted by Gasteiger charge is 2.42. The van der Waals surface area contributed by atoms with Gasteiger partial charge in [0, 0.05) is 50.5 Å². The number of allylic oxidation sites excluding steroid dienone is 3. The Kier molecular flexibility index (Phi) is 6.54. The Morgan fingerprint density at radius 1 is 1.24 bits per heavy atom. The second-order valence-electron chi connectivity index (χ2n) is 8.92. The molecule has 1 aliphatic carbocycles. The lowest BCUT2D eigenvalue weighted by Crippen LogP contribution is -2.36. The molecule has 3 atom stereocenters. The molecule has 2 aromatic heterocycles. The van der Waals surface area contributed by atoms with Gasteiger partial charge < -0.3 is 14.8 Å². The fraction of sp³-hybridized carbons (Fsp3) is 0.462. The van der Waals surface area contributed by atoms with Crippen LogP contribution in [0.1, 0.15) is 66.0 Å². The number of hydrogen-bond acceptors (Lipinski definition) is 7. The van der Waals surface area contributed by atoms with E-state index in [2.05, 4.69) is 35.8 Å². The van der Waals surface area contributed by atoms with Gasteiger partial charge in [-0.1, -0.05) is 13.0 Å². The Balaban J connectivity index is 1.49. The maximum absolute atomic E-state index is 13.6. The van der Waals surface area contributed by atoms with Gasteiger partial charge in [0.25, 0.3) is 0 Å². The summed E-state index contributed by atoms with van der Waals surface area (Å²) in [5.41, 5.74) is 3.03. The van der Waals surface area contributed by atoms with Crippen LogP contribution in [0.25, 0.3) is 0 Å². The van der Waals surface area contributed by atoms with Crippen LogP contribution in [0.5, 0.6) is 0 Å². The standard InChI is InChI=1S/C26H29NO4S2/c1-3-18-8-9-22(33-18)25-23(26(29)31-14-17-6-4-10-30-17)15(2)27-19-12-16(13-20(28)24(19)25)21-7-5-11-32-21/h5,7-9,11,16-17,25,27H,3-4,6,10,12-14H2,1-2H3/t16-,17-,25+/m0/s1. The van der Waals surface area contributed by atoms with E-state index in [9.17, 15) is 9.59 Å². The minimum absolute atomic E-state index is 0.0315. The van der Waals surface area contributed by atoms with Gasteiger partial charge >= 0.3 is 5.97 Å². The van der Waals surface area contributed by atoms with Crippen LogP contribution in [0, 0.1) is 0 Å². The normalized spacial score (nSPS) is 25.3. The van der Waals surface area contributed by atoms with Crippen molar-refractivity contribution in [1.29, 1.82) is 0 Å². The smallest absolute Gasteiger partial charge is 0.336 e. The molecule has 1 fully saturated rings. The lowest BCUT2D eigenvalue weighted by molar-refractivity contribution is -0.142. The van der Waals surface area contributed by atoms with Gasteiger partial charge in [0.15, 0.2) is 5.78 Å². The molecule has 4 heterocycles. The molecule has 0 bridgehead atoms. The molecule has 0 aromatic carbocycles. The van der Waals surface area contributed by atoms with Crippen molar-refractivity contribution >= 4 is 34.4 Å². The average Bonchev–Trinajstić information content (AvgIpc) is 3.59. The highest BCUT2D eigenvalue weighted by atomic mass is 32.1. The third kappa shape index (κ3) is 4.46. The van der Waals surface area contributed by atoms with Crippen LogP contribution in [-0.2, 0) is 25.5 Å². The van der Waals surface area contributed by atoms with E-state index in [-0.39, 0.29) is 36.3 Å². The van der Waals surface area contributed by atoms with Crippen LogP contribution in [0.4, 0.5) is 0 Å². The van der Waals surface area contributed by atoms with Crippen LogP contribution in [-0.4, -0.2) is 31.1 Å². The molecule has 3 aliphatic rings. The fourth-order valence-electron chi connectivity index (χ4n) is 5.08. The molecule has 1 N–H and O–H groups in total. The Hall–Kier alpha value is -2.22. The number of aryl methyl sites for hydroxylation is 1. The summed E-state index contributed by atoms with van der Waals surface area (Å²) in [6, 6.07) is 8.33. The number of Topliss-reactive ketones (excluding diaryl/α,β-unsaturated/α-hetero) is 1. The zero-order valence-electron chi connectivity index (χ0n) is 19.0. The number of carbonyl (C=O) groups excluding carboxylic acids is 2. The van der Waals surface area contributed by atoms with E-state index in [0.717, 1.165) is 54.1 Å². The highest BCUT2D eigenvalue weighted by Crippen LogP contribution is 2.47. The van der Waals surface area contributed by atoms with Crippen LogP contribution in [0.2, 0.25) is 0 Å². The number of rotatable bonds is 6. The molecule has 174 valence electrons. The van der Waals surface area contributed by atoms with Crippen LogP contribution < -0.4 is 5.32 Å². The first-order chi connectivity index (χ1) is 16.0. The number of carbonyl (C=O) groups is 2. The summed E-state index contributed by atoms with van der Waals surface area (Å²) >= 11 is 3.38. The molecule has 2 aromatic rings. The average molecular weight is 484 g/mol. The molecule has 33 heavy (non-hydrogen) atoms. The van der Waals surface area contributed by atoms with Gasteiger partial charge in [0.2, 0.25) is 0 Å². The van der Waals surface area contributed by atoms with Crippen molar-refractivity contribution in [2.24, 2.45) is 0 Å². The lowest BCUT2D eigenvalue weighted by Gasteiger charge is -2.36. The second kappa shape index (κ2) is 9.57. The predicted molar refractivity (Wildman–Crippen MR) is 131 cm³/mol. The van der Waals surface area contributed by atoms with Gasteiger partial charge in [-0.2, -0.15) is 0 Å². The number of thiophene rings is 2. The number of dihydropyridines is 1. The quantitative estimate of drug-likeness (QED) is 0.553. The Bertz CT molecular complexity index is 1110. The first-order valence-electron chi connectivity index (χ1n) is 11.7. The first-order valence-corrected chi connectivity index (χ1v) is 13.4. The van der Waals surface area contributed by atoms with E-state index in [4.69, 9.17) is 9.47 Å². The zero-order valence-corrected chi connectivity index (χ0v) is 20.7. The summed E-state index contributed by atoms with van der Waals surface area (Å²) in [6.45, 7) is 5.03. The summed E-state index contributed by atoms with van der Waals surface area (Å²) in [7, 11) is 0. The minimum atomic E-state index is -0.375. The van der Waals surface area contributed by atoms with Crippen molar-refractivity contribution < 1.29 is 19.1 Å². The van der Waals surface area contributed by atoms with Crippen molar-refractivity contribution in [3.05, 3.63) is 66.8 Å². The minimum Gasteiger partial charge on any atom is -0.459 e. The summed E-state index contributed by atoms with van der Waals surface area (Å²) in [6.07, 6.45) is 4.06. The van der Waals surface area contributed by atoms with Gasteiger partial charge in [-0.25, -0.2) is 4.79 Å². The van der Waals surface area contributed by atoms with Gasteiger partial charge in [0.05, 0.1) is 17.6 Å². The Morgan fingerprint density at radius 3 is 2.82 bits per heavy atom. The van der Waals surface area contributed by atoms with E-state index in [1.54, 1.807) is 22.7 Å². The van der Waals surface area contributed by atoms with E-state index in [1.807, 2.05) is 13.0 Å². The second-order valence-corrected chi connectivity index (χ2v) is 11.1. The van der Waals surface area contributed by atoms with Crippen molar-refractivity contribution in [3.8, 4) is 0 Å². The molecule has 0 spiro atoms. The molecule has 0 unspecified atom stereocenters. The molecule has 0 amide bonds. The monoisotopic (exact) mass is 483 g/mol. The molecule has 1 saturated heterocycles. The van der Waals surface area contributed by atoms with Crippen molar-refractivity contribution in [2.45, 2.75) is 63.9 Å². The third-order valence-electron chi connectivity index (χ3n) is 6.73. The number of esters is 1. The largest absolute Gasteiger partial charge is 0.459 e. The highest BCUT2D eigenvalue weighted by molar-refractivity contribution is 7.12. The van der Waals surface area contributed by atoms with E-state index in [1.165, 1.54) is 9.75 Å². The summed E-state index contributed by atoms with van der Waals surface area (Å²) in [4.78, 5) is 30.4. The SMILES string of the molecule is CCc1ccc([C@@H]2C(C(=O)OC[C@@H]3CCCO3)=C(C)NC3=C2C(=O)C[C@@H](c2cccs2)C3)s1. The van der Waals surface area contributed by atoms with Gasteiger partial charge in [0.1, 0.15) is 6.61 Å². The molecule has 5 rings (SSSR count). The third-order valence-corrected chi connectivity index (χ3v) is 9.06. The zero-order chi connectivity index (χ0) is 22.9. The Morgan fingerprint density at radius 2 is 2.12 bits per heavy atom. The molecular formula is C26H29NO4S2. The topological polar surface area (TPSA) is 64.6 Å². The Labute approximate surface area is 202 Å². The molecule has 0 saturated carbocycles. The summed E-state index contributed by atoms with van der Waals surface area (Å²) < 4.78 is 11.4. The lowest BCUT2D eigenvalue weighted by atomic mass is 9.74. The van der Waals surface area contributed by atoms with Gasteiger partial charge in [-0.3, -0.25) is 4.79 Å². The molecule has 2 aliphatic heterocycles. The fourth-order valence-corrected chi connectivity index (χ4v) is 6.98. The molecule has 7 heteroatoms. The van der Waals surface area contributed by atoms with E-state index < -0.39 is 0 Å². The summed E-state index contributed by atoms with van der Waals surface area (Å²) in [5, 5.41) is 5.50. The number of ketones is 1. The number of ether oxygens (including phenoxy) is 2. The number of nitrogens with one attached hydrogen (secondary N) is 1. The summed E-state index contributed by atoms with van der Waals surface area (Å²) in [5.74, 6) is -0.428. The molecule has 5 nitrogen and oxygen atoms in total. The van der Waals surface area contributed by atoms with Crippen molar-refractivity contribution in [1.82, 2.24) is 5.32 Å². The maximum atomic E-state index is 13.6.